The number of rotatable bonds is 4. The van der Waals surface area contributed by atoms with E-state index < -0.39 is 27.6 Å². The van der Waals surface area contributed by atoms with Crippen molar-refractivity contribution in [1.82, 2.24) is 0 Å². The lowest BCUT2D eigenvalue weighted by molar-refractivity contribution is 0.102. The van der Waals surface area contributed by atoms with Gasteiger partial charge < -0.3 is 5.32 Å². The second kappa shape index (κ2) is 6.10. The Labute approximate surface area is 126 Å². The van der Waals surface area contributed by atoms with Gasteiger partial charge in [-0.15, -0.1) is 0 Å². The van der Waals surface area contributed by atoms with Gasteiger partial charge in [-0.1, -0.05) is 0 Å². The molecular weight excluding hydrogens is 314 g/mol. The molecule has 0 aliphatic rings. The van der Waals surface area contributed by atoms with Crippen LogP contribution in [0.4, 0.5) is 20.2 Å². The Hall–Kier alpha value is -2.48. The highest BCUT2D eigenvalue weighted by Crippen LogP contribution is 2.16. The molecule has 0 aliphatic heterocycles. The zero-order valence-corrected chi connectivity index (χ0v) is 12.2. The van der Waals surface area contributed by atoms with E-state index in [1.807, 2.05) is 0 Å². The molecule has 0 bridgehead atoms. The molecule has 0 unspecified atom stereocenters. The second-order valence-electron chi connectivity index (χ2n) is 4.53. The molecule has 2 aromatic rings. The van der Waals surface area contributed by atoms with Crippen molar-refractivity contribution in [3.05, 3.63) is 59.7 Å². The lowest BCUT2D eigenvalue weighted by atomic mass is 10.2. The van der Waals surface area contributed by atoms with Crippen LogP contribution in [0.15, 0.2) is 42.5 Å². The maximum Gasteiger partial charge on any atom is 0.255 e. The van der Waals surface area contributed by atoms with E-state index >= 15 is 0 Å². The molecule has 22 heavy (non-hydrogen) atoms. The average Bonchev–Trinajstić information content (AvgIpc) is 2.42. The van der Waals surface area contributed by atoms with Gasteiger partial charge in [-0.05, 0) is 42.5 Å². The first-order chi connectivity index (χ1) is 10.2. The Bertz CT molecular complexity index is 805. The van der Waals surface area contributed by atoms with Crippen molar-refractivity contribution in [3.63, 3.8) is 0 Å². The zero-order valence-electron chi connectivity index (χ0n) is 11.4. The third-order valence-electron chi connectivity index (χ3n) is 2.63. The zero-order chi connectivity index (χ0) is 16.3. The minimum atomic E-state index is -3.38. The van der Waals surface area contributed by atoms with E-state index in [0.29, 0.717) is 11.4 Å². The molecule has 0 saturated carbocycles. The number of sulfonamides is 1. The number of nitrogens with one attached hydrogen (secondary N) is 2. The lowest BCUT2D eigenvalue weighted by Crippen LogP contribution is -2.13. The van der Waals surface area contributed by atoms with Gasteiger partial charge in [0.25, 0.3) is 5.91 Å². The van der Waals surface area contributed by atoms with Crippen LogP contribution in [0.5, 0.6) is 0 Å². The molecule has 0 saturated heterocycles. The minimum Gasteiger partial charge on any atom is -0.322 e. The van der Waals surface area contributed by atoms with Gasteiger partial charge in [0.2, 0.25) is 10.0 Å². The van der Waals surface area contributed by atoms with Crippen LogP contribution in [0.2, 0.25) is 0 Å². The van der Waals surface area contributed by atoms with Crippen LogP contribution >= 0.6 is 0 Å². The molecule has 0 heterocycles. The maximum atomic E-state index is 13.1. The summed E-state index contributed by atoms with van der Waals surface area (Å²) in [5.74, 6) is -2.75. The number of halogens is 2. The van der Waals surface area contributed by atoms with Crippen molar-refractivity contribution in [1.29, 1.82) is 0 Å². The van der Waals surface area contributed by atoms with Crippen molar-refractivity contribution < 1.29 is 22.0 Å². The standard InChI is InChI=1S/C14H12F2N2O3S/c1-22(20,21)18-11-5-3-10(4-6-11)17-14(19)9-2-7-12(15)13(16)8-9/h2-8,18H,1H3,(H,17,19). The normalized spacial score (nSPS) is 11.0. The number of anilines is 2. The van der Waals surface area contributed by atoms with Gasteiger partial charge in [0.15, 0.2) is 11.6 Å². The molecule has 0 aromatic heterocycles. The van der Waals surface area contributed by atoms with E-state index in [0.717, 1.165) is 24.5 Å². The fourth-order valence-corrected chi connectivity index (χ4v) is 2.24. The van der Waals surface area contributed by atoms with Crippen molar-refractivity contribution in [3.8, 4) is 0 Å². The fraction of sp³-hybridized carbons (Fsp3) is 0.0714. The van der Waals surface area contributed by atoms with Crippen molar-refractivity contribution in [2.75, 3.05) is 16.3 Å². The topological polar surface area (TPSA) is 75.3 Å². The van der Waals surface area contributed by atoms with E-state index in [-0.39, 0.29) is 5.56 Å². The van der Waals surface area contributed by atoms with Crippen molar-refractivity contribution in [2.45, 2.75) is 0 Å². The predicted octanol–water partition coefficient (Wildman–Crippen LogP) is 2.59. The maximum absolute atomic E-state index is 13.1. The summed E-state index contributed by atoms with van der Waals surface area (Å²) in [4.78, 5) is 11.9. The molecule has 5 nitrogen and oxygen atoms in total. The summed E-state index contributed by atoms with van der Waals surface area (Å²) < 4.78 is 50.3. The second-order valence-corrected chi connectivity index (χ2v) is 6.28. The van der Waals surface area contributed by atoms with Gasteiger partial charge >= 0.3 is 0 Å². The number of hydrogen-bond donors (Lipinski definition) is 2. The summed E-state index contributed by atoms with van der Waals surface area (Å²) in [7, 11) is -3.38. The highest BCUT2D eigenvalue weighted by atomic mass is 32.2. The predicted molar refractivity (Wildman–Crippen MR) is 79.2 cm³/mol. The first-order valence-electron chi connectivity index (χ1n) is 6.09. The Morgan fingerprint density at radius 2 is 1.55 bits per heavy atom. The quantitative estimate of drug-likeness (QED) is 0.907. The van der Waals surface area contributed by atoms with Crippen LogP contribution in [0.1, 0.15) is 10.4 Å². The van der Waals surface area contributed by atoms with Crippen LogP contribution in [0, 0.1) is 11.6 Å². The molecule has 0 radical (unpaired) electrons. The van der Waals surface area contributed by atoms with Gasteiger partial charge in [0.1, 0.15) is 0 Å². The minimum absolute atomic E-state index is 0.0303. The number of carbonyl (C=O) groups is 1. The molecule has 2 N–H and O–H groups in total. The molecule has 0 aliphatic carbocycles. The molecule has 2 rings (SSSR count). The SMILES string of the molecule is CS(=O)(=O)Nc1ccc(NC(=O)c2ccc(F)c(F)c2)cc1. The summed E-state index contributed by atoms with van der Waals surface area (Å²) in [6, 6.07) is 8.70. The summed E-state index contributed by atoms with van der Waals surface area (Å²) >= 11 is 0. The summed E-state index contributed by atoms with van der Waals surface area (Å²) in [6.45, 7) is 0. The van der Waals surface area contributed by atoms with E-state index in [1.54, 1.807) is 0 Å². The third-order valence-corrected chi connectivity index (χ3v) is 3.23. The van der Waals surface area contributed by atoms with E-state index in [2.05, 4.69) is 10.0 Å². The van der Waals surface area contributed by atoms with Crippen LogP contribution < -0.4 is 10.0 Å². The number of hydrogen-bond acceptors (Lipinski definition) is 3. The highest BCUT2D eigenvalue weighted by molar-refractivity contribution is 7.92. The van der Waals surface area contributed by atoms with Crippen molar-refractivity contribution in [2.24, 2.45) is 0 Å². The largest absolute Gasteiger partial charge is 0.322 e. The van der Waals surface area contributed by atoms with E-state index in [4.69, 9.17) is 0 Å². The Morgan fingerprint density at radius 3 is 2.09 bits per heavy atom. The average molecular weight is 326 g/mol. The Morgan fingerprint density at radius 1 is 0.955 bits per heavy atom. The molecule has 0 spiro atoms. The molecule has 0 fully saturated rings. The fourth-order valence-electron chi connectivity index (χ4n) is 1.68. The number of carbonyl (C=O) groups excluding carboxylic acids is 1. The van der Waals surface area contributed by atoms with Crippen LogP contribution in [0.25, 0.3) is 0 Å². The lowest BCUT2D eigenvalue weighted by Gasteiger charge is -2.07. The Kier molecular flexibility index (Phi) is 4.41. The molecular formula is C14H12F2N2O3S. The van der Waals surface area contributed by atoms with Gasteiger partial charge in [0.05, 0.1) is 6.26 Å². The van der Waals surface area contributed by atoms with Crippen molar-refractivity contribution >= 4 is 27.3 Å². The first-order valence-corrected chi connectivity index (χ1v) is 7.98. The van der Waals surface area contributed by atoms with Gasteiger partial charge in [-0.25, -0.2) is 17.2 Å². The summed E-state index contributed by atoms with van der Waals surface area (Å²) in [5, 5.41) is 2.49. The smallest absolute Gasteiger partial charge is 0.255 e. The number of amides is 1. The molecule has 8 heteroatoms. The van der Waals surface area contributed by atoms with Gasteiger partial charge in [0, 0.05) is 16.9 Å². The van der Waals surface area contributed by atoms with Crippen LogP contribution in [-0.4, -0.2) is 20.6 Å². The molecule has 0 atom stereocenters. The first kappa shape index (κ1) is 15.9. The highest BCUT2D eigenvalue weighted by Gasteiger charge is 2.10. The Balaban J connectivity index is 2.10. The molecule has 2 aromatic carbocycles. The summed E-state index contributed by atoms with van der Waals surface area (Å²) in [5.41, 5.74) is 0.694. The molecule has 116 valence electrons. The number of benzene rings is 2. The van der Waals surface area contributed by atoms with Crippen LogP contribution in [0.3, 0.4) is 0 Å². The van der Waals surface area contributed by atoms with Gasteiger partial charge in [-0.3, -0.25) is 9.52 Å². The van der Waals surface area contributed by atoms with E-state index in [1.165, 1.54) is 24.3 Å². The van der Waals surface area contributed by atoms with Gasteiger partial charge in [-0.2, -0.15) is 0 Å². The van der Waals surface area contributed by atoms with E-state index in [9.17, 15) is 22.0 Å². The van der Waals surface area contributed by atoms with Crippen LogP contribution in [-0.2, 0) is 10.0 Å². The summed E-state index contributed by atoms with van der Waals surface area (Å²) in [6.07, 6.45) is 1.02. The monoisotopic (exact) mass is 326 g/mol. The molecule has 1 amide bonds. The third kappa shape index (κ3) is 4.26.